The second kappa shape index (κ2) is 6.45. The van der Waals surface area contributed by atoms with Gasteiger partial charge >= 0.3 is 17.9 Å². The average molecular weight is 405 g/mol. The van der Waals surface area contributed by atoms with E-state index in [1.54, 1.807) is 0 Å². The molecular formula is C23H32O6. The predicted molar refractivity (Wildman–Crippen MR) is 102 cm³/mol. The number of cyclic esters (lactones) is 1. The molecule has 4 aliphatic carbocycles. The Morgan fingerprint density at radius 1 is 1.17 bits per heavy atom. The minimum absolute atomic E-state index is 0.0444. The van der Waals surface area contributed by atoms with Crippen LogP contribution in [-0.2, 0) is 28.6 Å². The molecular weight excluding hydrogens is 372 g/mol. The summed E-state index contributed by atoms with van der Waals surface area (Å²) >= 11 is 0. The Morgan fingerprint density at radius 2 is 1.97 bits per heavy atom. The lowest BCUT2D eigenvalue weighted by Crippen LogP contribution is -2.44. The standard InChI is InChI=1S/C23H32O6/c1-4-22(2,3)21(26)27-10-18(25)29-16-7-12-5-14(16)20-15-6-13(19(12)20)8-23(15)9-17(24)28-11-23/h12-16,19-20H,4-11H2,1-3H3. The van der Waals surface area contributed by atoms with E-state index in [9.17, 15) is 14.4 Å². The van der Waals surface area contributed by atoms with Crippen LogP contribution < -0.4 is 0 Å². The van der Waals surface area contributed by atoms with E-state index in [-0.39, 0.29) is 30.1 Å². The summed E-state index contributed by atoms with van der Waals surface area (Å²) in [6, 6.07) is 0. The van der Waals surface area contributed by atoms with Crippen molar-refractivity contribution in [2.75, 3.05) is 13.2 Å². The highest BCUT2D eigenvalue weighted by molar-refractivity contribution is 5.79. The Labute approximate surface area is 172 Å². The van der Waals surface area contributed by atoms with Gasteiger partial charge < -0.3 is 14.2 Å². The summed E-state index contributed by atoms with van der Waals surface area (Å²) in [6.07, 6.45) is 5.59. The fourth-order valence-electron chi connectivity index (χ4n) is 7.63. The van der Waals surface area contributed by atoms with E-state index in [1.165, 1.54) is 6.42 Å². The molecule has 0 N–H and O–H groups in total. The third kappa shape index (κ3) is 2.84. The molecule has 8 unspecified atom stereocenters. The van der Waals surface area contributed by atoms with Crippen LogP contribution in [0, 0.1) is 46.3 Å². The van der Waals surface area contributed by atoms with E-state index in [4.69, 9.17) is 14.2 Å². The van der Waals surface area contributed by atoms with Crippen molar-refractivity contribution < 1.29 is 28.6 Å². The molecule has 1 spiro atoms. The average Bonchev–Trinajstić information content (AvgIpc) is 3.46. The number of fused-ring (bicyclic) bond motifs is 10. The molecule has 4 bridgehead atoms. The van der Waals surface area contributed by atoms with Gasteiger partial charge in [0.1, 0.15) is 6.10 Å². The van der Waals surface area contributed by atoms with E-state index in [0.29, 0.717) is 49.0 Å². The molecule has 1 saturated heterocycles. The van der Waals surface area contributed by atoms with Crippen molar-refractivity contribution in [3.8, 4) is 0 Å². The zero-order valence-corrected chi connectivity index (χ0v) is 17.6. The SMILES string of the molecule is CCC(C)(C)C(=O)OCC(=O)OC1CC2CC1C1C2C2CC1C1(COC(=O)C1)C2. The minimum Gasteiger partial charge on any atom is -0.465 e. The molecule has 1 heterocycles. The van der Waals surface area contributed by atoms with Gasteiger partial charge in [-0.25, -0.2) is 4.79 Å². The van der Waals surface area contributed by atoms with Gasteiger partial charge in [-0.15, -0.1) is 0 Å². The van der Waals surface area contributed by atoms with Crippen LogP contribution in [0.4, 0.5) is 0 Å². The first kappa shape index (κ1) is 19.4. The molecule has 8 atom stereocenters. The van der Waals surface area contributed by atoms with Gasteiger partial charge in [0.2, 0.25) is 0 Å². The molecule has 0 radical (unpaired) electrons. The van der Waals surface area contributed by atoms with Crippen molar-refractivity contribution in [2.24, 2.45) is 46.3 Å². The Balaban J connectivity index is 1.21. The van der Waals surface area contributed by atoms with Crippen molar-refractivity contribution in [2.45, 2.75) is 65.4 Å². The van der Waals surface area contributed by atoms with E-state index in [0.717, 1.165) is 25.2 Å². The summed E-state index contributed by atoms with van der Waals surface area (Å²) in [5, 5.41) is 0. The number of rotatable bonds is 5. The van der Waals surface area contributed by atoms with Gasteiger partial charge in [-0.2, -0.15) is 0 Å². The third-order valence-electron chi connectivity index (χ3n) is 9.15. The van der Waals surface area contributed by atoms with Crippen LogP contribution in [0.2, 0.25) is 0 Å². The topological polar surface area (TPSA) is 78.9 Å². The van der Waals surface area contributed by atoms with Crippen LogP contribution in [0.3, 0.4) is 0 Å². The second-order valence-electron chi connectivity index (χ2n) is 10.9. The van der Waals surface area contributed by atoms with Crippen LogP contribution >= 0.6 is 0 Å². The summed E-state index contributed by atoms with van der Waals surface area (Å²) in [6.45, 7) is 5.85. The van der Waals surface area contributed by atoms with Crippen LogP contribution in [0.5, 0.6) is 0 Å². The maximum Gasteiger partial charge on any atom is 0.344 e. The third-order valence-corrected chi connectivity index (χ3v) is 9.15. The van der Waals surface area contributed by atoms with E-state index in [1.807, 2.05) is 20.8 Å². The smallest absolute Gasteiger partial charge is 0.344 e. The number of hydrogen-bond donors (Lipinski definition) is 0. The summed E-state index contributed by atoms with van der Waals surface area (Å²) in [5.41, 5.74) is -0.540. The quantitative estimate of drug-likeness (QED) is 0.398. The highest BCUT2D eigenvalue weighted by Gasteiger charge is 2.70. The van der Waals surface area contributed by atoms with Crippen molar-refractivity contribution in [1.82, 2.24) is 0 Å². The Hall–Kier alpha value is -1.59. The second-order valence-corrected chi connectivity index (χ2v) is 10.9. The van der Waals surface area contributed by atoms with Gasteiger partial charge in [0.25, 0.3) is 0 Å². The van der Waals surface area contributed by atoms with Crippen molar-refractivity contribution >= 4 is 17.9 Å². The summed E-state index contributed by atoms with van der Waals surface area (Å²) < 4.78 is 16.4. The summed E-state index contributed by atoms with van der Waals surface area (Å²) in [4.78, 5) is 36.3. The van der Waals surface area contributed by atoms with Crippen LogP contribution in [0.25, 0.3) is 0 Å². The lowest BCUT2D eigenvalue weighted by Gasteiger charge is -2.45. The van der Waals surface area contributed by atoms with E-state index in [2.05, 4.69) is 0 Å². The van der Waals surface area contributed by atoms with Gasteiger partial charge in [0.05, 0.1) is 18.4 Å². The molecule has 0 amide bonds. The number of esters is 3. The molecule has 1 aliphatic heterocycles. The molecule has 5 rings (SSSR count). The first-order valence-electron chi connectivity index (χ1n) is 11.3. The molecule has 5 aliphatic rings. The lowest BCUT2D eigenvalue weighted by molar-refractivity contribution is -0.170. The highest BCUT2D eigenvalue weighted by Crippen LogP contribution is 2.73. The van der Waals surface area contributed by atoms with Gasteiger partial charge in [-0.3, -0.25) is 9.59 Å². The molecule has 5 fully saturated rings. The molecule has 0 aromatic heterocycles. The fraction of sp³-hybridized carbons (Fsp3) is 0.870. The van der Waals surface area contributed by atoms with Gasteiger partial charge in [-0.1, -0.05) is 6.92 Å². The Kier molecular flexibility index (Phi) is 4.31. The molecule has 160 valence electrons. The van der Waals surface area contributed by atoms with Crippen LogP contribution in [0.1, 0.15) is 59.3 Å². The van der Waals surface area contributed by atoms with E-state index >= 15 is 0 Å². The largest absolute Gasteiger partial charge is 0.465 e. The van der Waals surface area contributed by atoms with Gasteiger partial charge in [-0.05, 0) is 81.5 Å². The molecule has 4 saturated carbocycles. The monoisotopic (exact) mass is 404 g/mol. The Bertz CT molecular complexity index is 744. The molecule has 6 nitrogen and oxygen atoms in total. The zero-order valence-electron chi connectivity index (χ0n) is 17.6. The zero-order chi connectivity index (χ0) is 20.6. The van der Waals surface area contributed by atoms with Crippen molar-refractivity contribution in [3.05, 3.63) is 0 Å². The maximum absolute atomic E-state index is 12.4. The summed E-state index contributed by atoms with van der Waals surface area (Å²) in [7, 11) is 0. The van der Waals surface area contributed by atoms with Crippen molar-refractivity contribution in [3.63, 3.8) is 0 Å². The van der Waals surface area contributed by atoms with E-state index < -0.39 is 11.4 Å². The normalized spacial score (nSPS) is 44.2. The first-order chi connectivity index (χ1) is 13.7. The molecule has 0 aromatic carbocycles. The predicted octanol–water partition coefficient (Wildman–Crippen LogP) is 3.12. The number of hydrogen-bond acceptors (Lipinski definition) is 6. The molecule has 29 heavy (non-hydrogen) atoms. The van der Waals surface area contributed by atoms with Gasteiger partial charge in [0.15, 0.2) is 6.61 Å². The lowest BCUT2D eigenvalue weighted by atomic mass is 9.60. The maximum atomic E-state index is 12.4. The van der Waals surface area contributed by atoms with Gasteiger partial charge in [0, 0.05) is 5.41 Å². The van der Waals surface area contributed by atoms with Crippen molar-refractivity contribution in [1.29, 1.82) is 0 Å². The fourth-order valence-corrected chi connectivity index (χ4v) is 7.63. The highest BCUT2D eigenvalue weighted by atomic mass is 16.6. The minimum atomic E-state index is -0.585. The molecule has 0 aromatic rings. The van der Waals surface area contributed by atoms with Crippen LogP contribution in [0.15, 0.2) is 0 Å². The molecule has 6 heteroatoms. The summed E-state index contributed by atoms with van der Waals surface area (Å²) in [5.74, 6) is 2.73. The van der Waals surface area contributed by atoms with Crippen LogP contribution in [-0.4, -0.2) is 37.2 Å². The number of ether oxygens (including phenoxy) is 3. The first-order valence-corrected chi connectivity index (χ1v) is 11.3. The number of carbonyl (C=O) groups excluding carboxylic acids is 3. The Morgan fingerprint density at radius 3 is 2.66 bits per heavy atom. The number of carbonyl (C=O) groups is 3.